The van der Waals surface area contributed by atoms with Gasteiger partial charge in [-0.15, -0.1) is 0 Å². The summed E-state index contributed by atoms with van der Waals surface area (Å²) < 4.78 is 54.0. The van der Waals surface area contributed by atoms with E-state index >= 15 is 0 Å². The lowest BCUT2D eigenvalue weighted by Crippen LogP contribution is -2.43. The molecule has 0 aliphatic carbocycles. The highest BCUT2D eigenvalue weighted by Crippen LogP contribution is 2.39. The van der Waals surface area contributed by atoms with Crippen LogP contribution < -0.4 is 14.8 Å². The predicted octanol–water partition coefficient (Wildman–Crippen LogP) is 3.70. The van der Waals surface area contributed by atoms with E-state index in [2.05, 4.69) is 15.4 Å². The number of aromatic nitrogens is 3. The van der Waals surface area contributed by atoms with Gasteiger partial charge in [0, 0.05) is 31.3 Å². The molecule has 1 fully saturated rings. The van der Waals surface area contributed by atoms with Crippen LogP contribution in [0.4, 0.5) is 10.2 Å². The van der Waals surface area contributed by atoms with Crippen LogP contribution in [0, 0.1) is 18.7 Å². The number of hydrogen-bond donors (Lipinski definition) is 1. The first-order valence-corrected chi connectivity index (χ1v) is 13.9. The molecule has 1 saturated heterocycles. The largest absolute Gasteiger partial charge is 0.454 e. The van der Waals surface area contributed by atoms with Crippen LogP contribution >= 0.6 is 11.3 Å². The summed E-state index contributed by atoms with van der Waals surface area (Å²) in [4.78, 5) is 17.9. The van der Waals surface area contributed by atoms with Crippen LogP contribution in [0.25, 0.3) is 15.3 Å². The van der Waals surface area contributed by atoms with Crippen LogP contribution in [0.1, 0.15) is 18.5 Å². The molecule has 0 saturated carbocycles. The SMILES string of the molecule is Cc1cc(NC(=O)C2CCCN(S(=O)(=O)c3ccc(F)cc3)C2)n(-c2nc3cc4c(cc3s2)OCO4)n1. The number of aryl methyl sites for hydroxylation is 1. The van der Waals surface area contributed by atoms with E-state index in [4.69, 9.17) is 9.47 Å². The van der Waals surface area contributed by atoms with Gasteiger partial charge in [-0.3, -0.25) is 4.79 Å². The summed E-state index contributed by atoms with van der Waals surface area (Å²) in [6.45, 7) is 2.32. The van der Waals surface area contributed by atoms with Crippen LogP contribution in [0.15, 0.2) is 47.4 Å². The molecule has 192 valence electrons. The lowest BCUT2D eigenvalue weighted by molar-refractivity contribution is -0.120. The highest BCUT2D eigenvalue weighted by Gasteiger charge is 2.34. The van der Waals surface area contributed by atoms with Gasteiger partial charge < -0.3 is 14.8 Å². The molecule has 0 bridgehead atoms. The molecular weight excluding hydrogens is 521 g/mol. The quantitative estimate of drug-likeness (QED) is 0.408. The number of hydrogen-bond acceptors (Lipinski definition) is 8. The number of amides is 1. The predicted molar refractivity (Wildman–Crippen MR) is 134 cm³/mol. The van der Waals surface area contributed by atoms with Gasteiger partial charge in [0.1, 0.15) is 11.6 Å². The Labute approximate surface area is 215 Å². The van der Waals surface area contributed by atoms with Crippen LogP contribution in [0.5, 0.6) is 11.5 Å². The first kappa shape index (κ1) is 23.8. The Hall–Kier alpha value is -3.55. The first-order valence-electron chi connectivity index (χ1n) is 11.6. The fourth-order valence-electron chi connectivity index (χ4n) is 4.49. The van der Waals surface area contributed by atoms with Crippen molar-refractivity contribution in [1.82, 2.24) is 19.1 Å². The topological polar surface area (TPSA) is 116 Å². The molecule has 2 aliphatic rings. The highest BCUT2D eigenvalue weighted by atomic mass is 32.2. The number of carbonyl (C=O) groups excluding carboxylic acids is 1. The van der Waals surface area contributed by atoms with Gasteiger partial charge in [-0.25, -0.2) is 17.8 Å². The maximum atomic E-state index is 13.3. The van der Waals surface area contributed by atoms with E-state index in [-0.39, 0.29) is 24.1 Å². The minimum atomic E-state index is -3.84. The van der Waals surface area contributed by atoms with E-state index in [1.165, 1.54) is 27.8 Å². The van der Waals surface area contributed by atoms with Crippen molar-refractivity contribution < 1.29 is 27.1 Å². The minimum absolute atomic E-state index is 0.00118. The van der Waals surface area contributed by atoms with Gasteiger partial charge in [0.15, 0.2) is 11.5 Å². The van der Waals surface area contributed by atoms with Gasteiger partial charge in [-0.1, -0.05) is 11.3 Å². The number of piperidine rings is 1. The van der Waals surface area contributed by atoms with Crippen molar-refractivity contribution in [3.8, 4) is 16.6 Å². The minimum Gasteiger partial charge on any atom is -0.454 e. The average molecular weight is 544 g/mol. The van der Waals surface area contributed by atoms with Gasteiger partial charge >= 0.3 is 0 Å². The monoisotopic (exact) mass is 543 g/mol. The number of carbonyl (C=O) groups is 1. The highest BCUT2D eigenvalue weighted by molar-refractivity contribution is 7.89. The summed E-state index contributed by atoms with van der Waals surface area (Å²) in [5.74, 6) is 0.361. The summed E-state index contributed by atoms with van der Waals surface area (Å²) in [7, 11) is -3.84. The standard InChI is InChI=1S/C24H22FN5O5S2/c1-14-9-22(30(28-14)24-26-18-10-19-20(35-13-34-19)11-21(18)36-24)27-23(31)15-3-2-8-29(12-15)37(32,33)17-6-4-16(25)5-7-17/h4-7,9-11,15H,2-3,8,12-13H2,1H3,(H,27,31). The molecule has 1 N–H and O–H groups in total. The molecule has 6 rings (SSSR count). The van der Waals surface area contributed by atoms with Gasteiger partial charge in [0.2, 0.25) is 27.9 Å². The molecule has 10 nitrogen and oxygen atoms in total. The number of ether oxygens (including phenoxy) is 2. The molecule has 1 atom stereocenters. The first-order chi connectivity index (χ1) is 17.8. The molecule has 13 heteroatoms. The van der Waals surface area contributed by atoms with Crippen molar-refractivity contribution in [1.29, 1.82) is 0 Å². The number of fused-ring (bicyclic) bond motifs is 2. The summed E-state index contributed by atoms with van der Waals surface area (Å²) in [6, 6.07) is 10.1. The zero-order valence-electron chi connectivity index (χ0n) is 19.7. The van der Waals surface area contributed by atoms with Gasteiger partial charge in [-0.2, -0.15) is 14.1 Å². The van der Waals surface area contributed by atoms with Crippen molar-refractivity contribution in [3.05, 3.63) is 54.0 Å². The molecule has 1 unspecified atom stereocenters. The number of thiazole rings is 1. The fraction of sp³-hybridized carbons (Fsp3) is 0.292. The normalized spacial score (nSPS) is 17.8. The van der Waals surface area contributed by atoms with Gasteiger partial charge in [0.25, 0.3) is 0 Å². The Kier molecular flexibility index (Phi) is 5.85. The van der Waals surface area contributed by atoms with Gasteiger partial charge in [-0.05, 0) is 44.0 Å². The molecule has 2 aliphatic heterocycles. The fourth-order valence-corrected chi connectivity index (χ4v) is 6.95. The molecule has 0 spiro atoms. The molecule has 4 aromatic rings. The Balaban J connectivity index is 1.22. The summed E-state index contributed by atoms with van der Waals surface area (Å²) in [5.41, 5.74) is 1.41. The maximum absolute atomic E-state index is 13.3. The molecule has 2 aromatic carbocycles. The summed E-state index contributed by atoms with van der Waals surface area (Å²) >= 11 is 1.40. The van der Waals surface area contributed by atoms with Crippen molar-refractivity contribution >= 4 is 43.3 Å². The maximum Gasteiger partial charge on any atom is 0.243 e. The molecular formula is C24H22FN5O5S2. The molecule has 1 amide bonds. The zero-order chi connectivity index (χ0) is 25.7. The van der Waals surface area contributed by atoms with Crippen LogP contribution in [0.2, 0.25) is 0 Å². The second-order valence-corrected chi connectivity index (χ2v) is 11.8. The Morgan fingerprint density at radius 1 is 1.16 bits per heavy atom. The molecule has 0 radical (unpaired) electrons. The van der Waals surface area contributed by atoms with Crippen molar-refractivity contribution in [3.63, 3.8) is 0 Å². The third-order valence-electron chi connectivity index (χ3n) is 6.34. The number of rotatable bonds is 5. The number of benzene rings is 2. The summed E-state index contributed by atoms with van der Waals surface area (Å²) in [5, 5.41) is 7.98. The van der Waals surface area contributed by atoms with Crippen molar-refractivity contribution in [2.75, 3.05) is 25.2 Å². The molecule has 37 heavy (non-hydrogen) atoms. The van der Waals surface area contributed by atoms with Gasteiger partial charge in [0.05, 0.1) is 26.7 Å². The van der Waals surface area contributed by atoms with Crippen LogP contribution in [-0.4, -0.2) is 53.3 Å². The van der Waals surface area contributed by atoms with E-state index in [0.717, 1.165) is 22.3 Å². The van der Waals surface area contributed by atoms with E-state index in [9.17, 15) is 17.6 Å². The number of halogens is 1. The number of sulfonamides is 1. The third-order valence-corrected chi connectivity index (χ3v) is 9.21. The molecule has 2 aromatic heterocycles. The third kappa shape index (κ3) is 4.43. The molecule has 4 heterocycles. The van der Waals surface area contributed by atoms with E-state index < -0.39 is 21.8 Å². The Bertz CT molecular complexity index is 1580. The van der Waals surface area contributed by atoms with Crippen molar-refractivity contribution in [2.24, 2.45) is 5.92 Å². The lowest BCUT2D eigenvalue weighted by atomic mass is 9.99. The van der Waals surface area contributed by atoms with E-state index in [1.54, 1.807) is 10.7 Å². The van der Waals surface area contributed by atoms with Crippen LogP contribution in [-0.2, 0) is 14.8 Å². The number of anilines is 1. The smallest absolute Gasteiger partial charge is 0.243 e. The van der Waals surface area contributed by atoms with Crippen molar-refractivity contribution in [2.45, 2.75) is 24.7 Å². The summed E-state index contributed by atoms with van der Waals surface area (Å²) in [6.07, 6.45) is 1.07. The zero-order valence-corrected chi connectivity index (χ0v) is 21.3. The average Bonchev–Trinajstić information content (AvgIpc) is 3.60. The lowest BCUT2D eigenvalue weighted by Gasteiger charge is -2.31. The number of nitrogens with one attached hydrogen (secondary N) is 1. The van der Waals surface area contributed by atoms with Crippen LogP contribution in [0.3, 0.4) is 0 Å². The second-order valence-electron chi connectivity index (χ2n) is 8.90. The Morgan fingerprint density at radius 2 is 1.92 bits per heavy atom. The van der Waals surface area contributed by atoms with E-state index in [1.807, 2.05) is 19.1 Å². The number of nitrogens with zero attached hydrogens (tertiary/aromatic N) is 4. The second kappa shape index (κ2) is 9.08. The Morgan fingerprint density at radius 3 is 2.70 bits per heavy atom. The van der Waals surface area contributed by atoms with E-state index in [0.29, 0.717) is 47.5 Å².